The molecule has 1 aromatic heterocycles. The molecule has 1 amide bonds. The van der Waals surface area contributed by atoms with Crippen LogP contribution < -0.4 is 15.7 Å². The summed E-state index contributed by atoms with van der Waals surface area (Å²) in [4.78, 5) is 41.0. The minimum atomic E-state index is -1.10. The third kappa shape index (κ3) is 5.92. The van der Waals surface area contributed by atoms with E-state index in [9.17, 15) is 14.4 Å². The Kier molecular flexibility index (Phi) is 7.53. The lowest BCUT2D eigenvalue weighted by molar-refractivity contribution is -0.139. The van der Waals surface area contributed by atoms with E-state index in [2.05, 4.69) is 15.5 Å². The molecule has 0 radical (unpaired) electrons. The number of benzene rings is 3. The number of nitrogens with zero attached hydrogens (tertiary/aromatic N) is 3. The second-order valence-electron chi connectivity index (χ2n) is 7.19. The van der Waals surface area contributed by atoms with Gasteiger partial charge in [0.15, 0.2) is 11.8 Å². The molecule has 0 aliphatic carbocycles. The fraction of sp³-hybridized carbons (Fsp3) is 0.0800. The van der Waals surface area contributed by atoms with Gasteiger partial charge in [0.1, 0.15) is 5.75 Å². The summed E-state index contributed by atoms with van der Waals surface area (Å²) in [5.41, 5.74) is 3.91. The Morgan fingerprint density at radius 1 is 1.03 bits per heavy atom. The number of fused-ring (bicyclic) bond motifs is 1. The highest BCUT2D eigenvalue weighted by Gasteiger charge is 2.14. The highest BCUT2D eigenvalue weighted by Crippen LogP contribution is 2.21. The van der Waals surface area contributed by atoms with Crippen molar-refractivity contribution in [3.8, 4) is 11.4 Å². The number of carboxylic acids is 1. The number of nitrogens with one attached hydrogen (secondary N) is 1. The molecule has 0 fully saturated rings. The van der Waals surface area contributed by atoms with E-state index < -0.39 is 18.5 Å². The van der Waals surface area contributed by atoms with Crippen LogP contribution in [0.25, 0.3) is 16.6 Å². The number of thioether (sulfide) groups is 1. The van der Waals surface area contributed by atoms with Gasteiger partial charge in [0.2, 0.25) is 0 Å². The summed E-state index contributed by atoms with van der Waals surface area (Å²) in [5, 5.41) is 13.6. The minimum absolute atomic E-state index is 0.0356. The Labute approximate surface area is 204 Å². The van der Waals surface area contributed by atoms with Crippen LogP contribution >= 0.6 is 11.8 Å². The van der Waals surface area contributed by atoms with Crippen molar-refractivity contribution in [2.45, 2.75) is 5.16 Å². The Morgan fingerprint density at radius 2 is 1.74 bits per heavy atom. The molecule has 35 heavy (non-hydrogen) atoms. The van der Waals surface area contributed by atoms with Gasteiger partial charge >= 0.3 is 5.97 Å². The lowest BCUT2D eigenvalue weighted by atomic mass is 10.2. The predicted octanol–water partition coefficient (Wildman–Crippen LogP) is 3.09. The largest absolute Gasteiger partial charge is 0.481 e. The zero-order valence-corrected chi connectivity index (χ0v) is 19.1. The van der Waals surface area contributed by atoms with E-state index in [0.29, 0.717) is 33.1 Å². The van der Waals surface area contributed by atoms with Crippen molar-refractivity contribution in [2.75, 3.05) is 12.4 Å². The maximum Gasteiger partial charge on any atom is 0.341 e. The third-order valence-corrected chi connectivity index (χ3v) is 5.69. The number of hydrazone groups is 1. The molecular formula is C25H20N4O5S. The van der Waals surface area contributed by atoms with E-state index >= 15 is 0 Å². The Bertz CT molecular complexity index is 1450. The minimum Gasteiger partial charge on any atom is -0.481 e. The van der Waals surface area contributed by atoms with E-state index in [0.717, 1.165) is 11.8 Å². The molecule has 4 aromatic rings. The van der Waals surface area contributed by atoms with Crippen LogP contribution in [0.1, 0.15) is 5.56 Å². The summed E-state index contributed by atoms with van der Waals surface area (Å²) in [6.45, 7) is -0.490. The molecule has 0 aliphatic heterocycles. The molecule has 176 valence electrons. The molecule has 10 heteroatoms. The van der Waals surface area contributed by atoms with E-state index in [1.54, 1.807) is 60.7 Å². The second-order valence-corrected chi connectivity index (χ2v) is 8.13. The first kappa shape index (κ1) is 23.7. The van der Waals surface area contributed by atoms with Gasteiger partial charge in [0.05, 0.1) is 28.6 Å². The third-order valence-electron chi connectivity index (χ3n) is 4.75. The average molecular weight is 489 g/mol. The van der Waals surface area contributed by atoms with Gasteiger partial charge in [-0.25, -0.2) is 15.2 Å². The first-order chi connectivity index (χ1) is 17.0. The number of hydrogen-bond donors (Lipinski definition) is 2. The molecule has 2 N–H and O–H groups in total. The maximum absolute atomic E-state index is 13.2. The predicted molar refractivity (Wildman–Crippen MR) is 133 cm³/mol. The summed E-state index contributed by atoms with van der Waals surface area (Å²) in [6.07, 6.45) is 1.37. The van der Waals surface area contributed by atoms with Gasteiger partial charge in [-0.05, 0) is 36.4 Å². The number of rotatable bonds is 9. The molecule has 4 rings (SSSR count). The van der Waals surface area contributed by atoms with Crippen LogP contribution in [-0.4, -0.2) is 45.1 Å². The van der Waals surface area contributed by atoms with Gasteiger partial charge in [-0.1, -0.05) is 54.2 Å². The first-order valence-corrected chi connectivity index (χ1v) is 11.5. The molecular weight excluding hydrogens is 468 g/mol. The van der Waals surface area contributed by atoms with E-state index in [1.807, 2.05) is 18.2 Å². The molecule has 0 saturated carbocycles. The van der Waals surface area contributed by atoms with Crippen molar-refractivity contribution >= 4 is 40.8 Å². The Morgan fingerprint density at radius 3 is 2.54 bits per heavy atom. The lowest BCUT2D eigenvalue weighted by Gasteiger charge is -2.12. The number of hydrogen-bond acceptors (Lipinski definition) is 7. The number of carbonyl (C=O) groups excluding carboxylic acids is 1. The fourth-order valence-electron chi connectivity index (χ4n) is 3.21. The van der Waals surface area contributed by atoms with Gasteiger partial charge in [-0.2, -0.15) is 5.10 Å². The van der Waals surface area contributed by atoms with E-state index in [4.69, 9.17) is 9.84 Å². The Balaban J connectivity index is 1.49. The molecule has 0 saturated heterocycles. The lowest BCUT2D eigenvalue weighted by Crippen LogP contribution is -2.24. The van der Waals surface area contributed by atoms with Crippen LogP contribution in [0.3, 0.4) is 0 Å². The monoisotopic (exact) mass is 488 g/mol. The van der Waals surface area contributed by atoms with Crippen LogP contribution in [0.4, 0.5) is 0 Å². The fourth-order valence-corrected chi connectivity index (χ4v) is 4.01. The molecule has 0 unspecified atom stereocenters. The molecule has 0 bridgehead atoms. The number of ether oxygens (including phenoxy) is 1. The summed E-state index contributed by atoms with van der Waals surface area (Å²) in [5.74, 6) is -1.21. The van der Waals surface area contributed by atoms with E-state index in [-0.39, 0.29) is 11.3 Å². The smallest absolute Gasteiger partial charge is 0.341 e. The normalized spacial score (nSPS) is 11.0. The number of para-hydroxylation sites is 3. The van der Waals surface area contributed by atoms with Gasteiger partial charge < -0.3 is 9.84 Å². The summed E-state index contributed by atoms with van der Waals surface area (Å²) >= 11 is 1.12. The molecule has 0 spiro atoms. The number of carboxylic acid groups (broad SMARTS) is 1. The zero-order valence-electron chi connectivity index (χ0n) is 18.3. The van der Waals surface area contributed by atoms with Crippen molar-refractivity contribution in [3.05, 3.63) is 94.8 Å². The van der Waals surface area contributed by atoms with Gasteiger partial charge in [0, 0.05) is 5.56 Å². The van der Waals surface area contributed by atoms with Gasteiger partial charge in [0.25, 0.3) is 11.5 Å². The van der Waals surface area contributed by atoms with Crippen molar-refractivity contribution in [3.63, 3.8) is 0 Å². The standard InChI is InChI=1S/C25H20N4O5S/c30-22(28-26-14-17-8-4-7-13-21(17)34-15-23(31)32)16-35-25-27-20-12-6-5-11-19(20)24(33)29(25)18-9-2-1-3-10-18/h1-14H,15-16H2,(H,28,30)(H,31,32)/b26-14-. The van der Waals surface area contributed by atoms with Crippen molar-refractivity contribution in [1.29, 1.82) is 0 Å². The van der Waals surface area contributed by atoms with Gasteiger partial charge in [-0.3, -0.25) is 14.2 Å². The first-order valence-electron chi connectivity index (χ1n) is 10.5. The van der Waals surface area contributed by atoms with Crippen molar-refractivity contribution in [2.24, 2.45) is 5.10 Å². The van der Waals surface area contributed by atoms with Crippen molar-refractivity contribution < 1.29 is 19.4 Å². The van der Waals surface area contributed by atoms with Gasteiger partial charge in [-0.15, -0.1) is 0 Å². The van der Waals surface area contributed by atoms with Crippen LogP contribution in [0, 0.1) is 0 Å². The average Bonchev–Trinajstić information content (AvgIpc) is 2.87. The maximum atomic E-state index is 13.2. The molecule has 9 nitrogen and oxygen atoms in total. The van der Waals surface area contributed by atoms with Crippen molar-refractivity contribution in [1.82, 2.24) is 15.0 Å². The van der Waals surface area contributed by atoms with Crippen LogP contribution in [0.15, 0.2) is 93.9 Å². The number of aromatic nitrogens is 2. The summed E-state index contributed by atoms with van der Waals surface area (Å²) < 4.78 is 6.70. The highest BCUT2D eigenvalue weighted by molar-refractivity contribution is 7.99. The quantitative estimate of drug-likeness (QED) is 0.161. The molecule has 1 heterocycles. The van der Waals surface area contributed by atoms with Crippen LogP contribution in [0.5, 0.6) is 5.75 Å². The van der Waals surface area contributed by atoms with Crippen LogP contribution in [0.2, 0.25) is 0 Å². The number of aliphatic carboxylic acids is 1. The van der Waals surface area contributed by atoms with E-state index in [1.165, 1.54) is 10.8 Å². The number of carbonyl (C=O) groups is 2. The molecule has 0 aliphatic rings. The highest BCUT2D eigenvalue weighted by atomic mass is 32.2. The summed E-state index contributed by atoms with van der Waals surface area (Å²) in [6, 6.07) is 22.9. The summed E-state index contributed by atoms with van der Waals surface area (Å²) in [7, 11) is 0. The van der Waals surface area contributed by atoms with Crippen LogP contribution in [-0.2, 0) is 9.59 Å². The SMILES string of the molecule is O=C(O)COc1ccccc1/C=N\NC(=O)CSc1nc2ccccc2c(=O)n1-c1ccccc1. The second kappa shape index (κ2) is 11.1. The number of amides is 1. The zero-order chi connectivity index (χ0) is 24.6. The molecule has 0 atom stereocenters. The molecule has 3 aromatic carbocycles. The topological polar surface area (TPSA) is 123 Å². The Hall–Kier alpha value is -4.44.